The molecule has 31 heavy (non-hydrogen) atoms. The Morgan fingerprint density at radius 1 is 1.16 bits per heavy atom. The molecule has 0 saturated carbocycles. The number of nitrogens with one attached hydrogen (secondary N) is 1. The molecule has 0 aliphatic heterocycles. The summed E-state index contributed by atoms with van der Waals surface area (Å²) in [7, 11) is 1.60. The maximum atomic E-state index is 12.4. The Bertz CT molecular complexity index is 991. The molecule has 0 aliphatic rings. The first-order chi connectivity index (χ1) is 14.7. The van der Waals surface area contributed by atoms with E-state index in [0.29, 0.717) is 18.0 Å². The van der Waals surface area contributed by atoms with Crippen LogP contribution in [0.1, 0.15) is 34.0 Å². The van der Waals surface area contributed by atoms with Crippen molar-refractivity contribution in [2.45, 2.75) is 43.4 Å². The van der Waals surface area contributed by atoms with Crippen molar-refractivity contribution in [2.24, 2.45) is 0 Å². The number of nitrogens with zero attached hydrogens (tertiary/aromatic N) is 1. The Labute approximate surface area is 187 Å². The second kappa shape index (κ2) is 10.4. The van der Waals surface area contributed by atoms with Crippen LogP contribution in [0.3, 0.4) is 0 Å². The lowest BCUT2D eigenvalue weighted by atomic mass is 10.1. The first kappa shape index (κ1) is 23.4. The first-order valence-electron chi connectivity index (χ1n) is 9.53. The van der Waals surface area contributed by atoms with E-state index in [0.717, 1.165) is 16.1 Å². The molecule has 1 unspecified atom stereocenters. The van der Waals surface area contributed by atoms with Crippen LogP contribution in [0.25, 0.3) is 0 Å². The number of halogens is 3. The molecule has 3 aromatic rings. The van der Waals surface area contributed by atoms with Crippen LogP contribution in [0.2, 0.25) is 0 Å². The molecule has 3 rings (SSSR count). The summed E-state index contributed by atoms with van der Waals surface area (Å²) in [4.78, 5) is 5.74. The largest absolute Gasteiger partial charge is 0.496 e. The number of aromatic nitrogens is 1. The van der Waals surface area contributed by atoms with Crippen LogP contribution in [0.4, 0.5) is 13.2 Å². The van der Waals surface area contributed by atoms with Gasteiger partial charge in [-0.3, -0.25) is 0 Å². The number of alkyl halides is 3. The Kier molecular flexibility index (Phi) is 7.85. The van der Waals surface area contributed by atoms with E-state index in [1.54, 1.807) is 30.6 Å². The first-order valence-corrected chi connectivity index (χ1v) is 11.2. The molecule has 0 spiro atoms. The highest BCUT2D eigenvalue weighted by Gasteiger charge is 2.29. The molecule has 1 N–H and O–H groups in total. The third kappa shape index (κ3) is 7.15. The molecular formula is C22H23F3N2O2S2. The molecule has 0 fully saturated rings. The van der Waals surface area contributed by atoms with Crippen molar-refractivity contribution in [3.8, 4) is 11.5 Å². The van der Waals surface area contributed by atoms with Crippen LogP contribution in [-0.2, 0) is 13.2 Å². The molecular weight excluding hydrogens is 445 g/mol. The number of aryl methyl sites for hydroxylation is 1. The predicted octanol–water partition coefficient (Wildman–Crippen LogP) is 6.50. The van der Waals surface area contributed by atoms with Crippen molar-refractivity contribution in [1.29, 1.82) is 0 Å². The van der Waals surface area contributed by atoms with Gasteiger partial charge in [0.05, 0.1) is 13.2 Å². The Balaban J connectivity index is 1.57. The van der Waals surface area contributed by atoms with Crippen LogP contribution in [0.5, 0.6) is 11.5 Å². The van der Waals surface area contributed by atoms with Gasteiger partial charge in [-0.05, 0) is 49.4 Å². The summed E-state index contributed by atoms with van der Waals surface area (Å²) < 4.78 is 48.6. The topological polar surface area (TPSA) is 43.4 Å². The molecule has 2 aromatic carbocycles. The molecule has 166 valence electrons. The Morgan fingerprint density at radius 3 is 2.52 bits per heavy atom. The summed E-state index contributed by atoms with van der Waals surface area (Å²) in [5.74, 6) is 1.32. The minimum Gasteiger partial charge on any atom is -0.496 e. The van der Waals surface area contributed by atoms with Crippen LogP contribution < -0.4 is 14.8 Å². The molecule has 1 heterocycles. The van der Waals surface area contributed by atoms with Gasteiger partial charge in [-0.2, -0.15) is 13.2 Å². The van der Waals surface area contributed by atoms with Crippen LogP contribution in [-0.4, -0.2) is 17.6 Å². The minimum absolute atomic E-state index is 0.123. The summed E-state index contributed by atoms with van der Waals surface area (Å²) in [5, 5.41) is 4.48. The molecule has 4 nitrogen and oxygen atoms in total. The fourth-order valence-corrected chi connectivity index (χ4v) is 4.18. The van der Waals surface area contributed by atoms with E-state index >= 15 is 0 Å². The maximum absolute atomic E-state index is 12.4. The zero-order valence-electron chi connectivity index (χ0n) is 17.3. The van der Waals surface area contributed by atoms with E-state index in [1.165, 1.54) is 17.0 Å². The second-order valence-electron chi connectivity index (χ2n) is 6.87. The van der Waals surface area contributed by atoms with Gasteiger partial charge in [-0.25, -0.2) is 4.98 Å². The molecule has 0 saturated heterocycles. The summed E-state index contributed by atoms with van der Waals surface area (Å²) >= 11 is 1.54. The molecule has 0 radical (unpaired) electrons. The van der Waals surface area contributed by atoms with Gasteiger partial charge in [0.25, 0.3) is 0 Å². The van der Waals surface area contributed by atoms with Crippen molar-refractivity contribution < 1.29 is 22.6 Å². The summed E-state index contributed by atoms with van der Waals surface area (Å²) in [6.45, 7) is 4.96. The highest BCUT2D eigenvalue weighted by molar-refractivity contribution is 8.00. The van der Waals surface area contributed by atoms with Crippen molar-refractivity contribution in [3.05, 3.63) is 69.7 Å². The average Bonchev–Trinajstić information content (AvgIpc) is 3.17. The van der Waals surface area contributed by atoms with Gasteiger partial charge in [-0.1, -0.05) is 18.2 Å². The van der Waals surface area contributed by atoms with Gasteiger partial charge in [0.15, 0.2) is 0 Å². The van der Waals surface area contributed by atoms with Crippen LogP contribution in [0, 0.1) is 6.92 Å². The number of hydrogen-bond acceptors (Lipinski definition) is 6. The van der Waals surface area contributed by atoms with Gasteiger partial charge in [-0.15, -0.1) is 11.3 Å². The SMILES string of the molecule is COc1cc(OCc2ccc(SC(F)(F)F)cc2)ccc1CNC(C)c1ncc(C)s1. The number of methoxy groups -OCH3 is 1. The Hall–Kier alpha value is -2.23. The second-order valence-corrected chi connectivity index (χ2v) is 9.27. The highest BCUT2D eigenvalue weighted by atomic mass is 32.2. The van der Waals surface area contributed by atoms with Crippen molar-refractivity contribution >= 4 is 23.1 Å². The normalized spacial score (nSPS) is 12.6. The minimum atomic E-state index is -4.29. The molecule has 0 bridgehead atoms. The van der Waals surface area contributed by atoms with E-state index in [9.17, 15) is 13.2 Å². The summed E-state index contributed by atoms with van der Waals surface area (Å²) in [6.07, 6.45) is 1.87. The lowest BCUT2D eigenvalue weighted by Gasteiger charge is -2.15. The lowest BCUT2D eigenvalue weighted by Crippen LogP contribution is -2.18. The van der Waals surface area contributed by atoms with Crippen molar-refractivity contribution in [3.63, 3.8) is 0 Å². The number of rotatable bonds is 9. The summed E-state index contributed by atoms with van der Waals surface area (Å²) in [6, 6.07) is 11.9. The lowest BCUT2D eigenvalue weighted by molar-refractivity contribution is -0.0328. The highest BCUT2D eigenvalue weighted by Crippen LogP contribution is 2.36. The van der Waals surface area contributed by atoms with Crippen LogP contribution >= 0.6 is 23.1 Å². The monoisotopic (exact) mass is 468 g/mol. The standard InChI is InChI=1S/C22H23F3N2O2S2/c1-14-11-27-21(30-14)15(2)26-12-17-6-7-18(10-20(17)28-3)29-13-16-4-8-19(9-5-16)31-22(23,24)25/h4-11,15,26H,12-13H2,1-3H3. The molecule has 0 amide bonds. The zero-order valence-corrected chi connectivity index (χ0v) is 19.0. The fraction of sp³-hybridized carbons (Fsp3) is 0.318. The van der Waals surface area contributed by atoms with Gasteiger partial charge in [0.2, 0.25) is 0 Å². The zero-order chi connectivity index (χ0) is 22.4. The molecule has 9 heteroatoms. The van der Waals surface area contributed by atoms with E-state index in [1.807, 2.05) is 31.3 Å². The van der Waals surface area contributed by atoms with E-state index in [-0.39, 0.29) is 29.3 Å². The number of thiazole rings is 1. The summed E-state index contributed by atoms with van der Waals surface area (Å²) in [5.41, 5.74) is -2.52. The van der Waals surface area contributed by atoms with Gasteiger partial charge >= 0.3 is 5.51 Å². The van der Waals surface area contributed by atoms with E-state index in [4.69, 9.17) is 9.47 Å². The third-order valence-electron chi connectivity index (χ3n) is 4.43. The number of hydrogen-bond donors (Lipinski definition) is 1. The number of ether oxygens (including phenoxy) is 2. The molecule has 1 aromatic heterocycles. The number of thioether (sulfide) groups is 1. The van der Waals surface area contributed by atoms with E-state index in [2.05, 4.69) is 17.2 Å². The van der Waals surface area contributed by atoms with Gasteiger partial charge in [0, 0.05) is 34.1 Å². The van der Waals surface area contributed by atoms with Crippen molar-refractivity contribution in [1.82, 2.24) is 10.3 Å². The molecule has 0 aliphatic carbocycles. The third-order valence-corrected chi connectivity index (χ3v) is 6.26. The van der Waals surface area contributed by atoms with Gasteiger partial charge in [0.1, 0.15) is 23.1 Å². The van der Waals surface area contributed by atoms with Gasteiger partial charge < -0.3 is 14.8 Å². The van der Waals surface area contributed by atoms with Crippen LogP contribution in [0.15, 0.2) is 53.6 Å². The smallest absolute Gasteiger partial charge is 0.446 e. The number of benzene rings is 2. The fourth-order valence-electron chi connectivity index (χ4n) is 2.84. The van der Waals surface area contributed by atoms with Crippen molar-refractivity contribution in [2.75, 3.05) is 7.11 Å². The average molecular weight is 469 g/mol. The quantitative estimate of drug-likeness (QED) is 0.363. The van der Waals surface area contributed by atoms with E-state index < -0.39 is 5.51 Å². The Morgan fingerprint density at radius 2 is 1.90 bits per heavy atom. The maximum Gasteiger partial charge on any atom is 0.446 e. The predicted molar refractivity (Wildman–Crippen MR) is 118 cm³/mol. The molecule has 1 atom stereocenters.